The Hall–Kier alpha value is -0.990. The van der Waals surface area contributed by atoms with Crippen molar-refractivity contribution in [2.24, 2.45) is 5.92 Å². The molecule has 3 nitrogen and oxygen atoms in total. The van der Waals surface area contributed by atoms with Crippen molar-refractivity contribution in [2.45, 2.75) is 47.1 Å². The highest BCUT2D eigenvalue weighted by atomic mass is 16.1. The van der Waals surface area contributed by atoms with Crippen LogP contribution in [0.4, 0.5) is 0 Å². The molecule has 3 heteroatoms. The lowest BCUT2D eigenvalue weighted by Crippen LogP contribution is -2.19. The smallest absolute Gasteiger partial charge is 0.269 e. The highest BCUT2D eigenvalue weighted by molar-refractivity contribution is 5.15. The van der Waals surface area contributed by atoms with Gasteiger partial charge in [0.05, 0.1) is 0 Å². The Bertz CT molecular complexity index is 347. The lowest BCUT2D eigenvalue weighted by Gasteiger charge is -2.04. The zero-order valence-electron chi connectivity index (χ0n) is 9.55. The average molecular weight is 196 g/mol. The normalized spacial score (nSPS) is 11.2. The van der Waals surface area contributed by atoms with E-state index in [4.69, 9.17) is 0 Å². The second-order valence-corrected chi connectivity index (χ2v) is 4.21. The molecule has 1 N–H and O–H groups in total. The van der Waals surface area contributed by atoms with Gasteiger partial charge < -0.3 is 0 Å². The van der Waals surface area contributed by atoms with Gasteiger partial charge in [0.25, 0.3) is 5.56 Å². The van der Waals surface area contributed by atoms with Crippen molar-refractivity contribution >= 4 is 0 Å². The number of hydrogen-bond acceptors (Lipinski definition) is 1. The Labute approximate surface area is 85.1 Å². The summed E-state index contributed by atoms with van der Waals surface area (Å²) in [5.41, 5.74) is 2.10. The molecule has 0 aliphatic carbocycles. The molecule has 0 unspecified atom stereocenters. The SMILES string of the molecule is CCc1c(C)[nH]n(CCC(C)C)c1=O. The minimum absolute atomic E-state index is 0.158. The Balaban J connectivity index is 2.84. The fourth-order valence-electron chi connectivity index (χ4n) is 1.61. The van der Waals surface area contributed by atoms with Crippen LogP contribution in [0, 0.1) is 12.8 Å². The molecule has 0 aromatic carbocycles. The van der Waals surface area contributed by atoms with Crippen molar-refractivity contribution in [3.63, 3.8) is 0 Å². The lowest BCUT2D eigenvalue weighted by molar-refractivity contribution is 0.477. The van der Waals surface area contributed by atoms with Crippen molar-refractivity contribution in [1.82, 2.24) is 9.78 Å². The zero-order valence-corrected chi connectivity index (χ0v) is 9.55. The lowest BCUT2D eigenvalue weighted by atomic mass is 10.1. The topological polar surface area (TPSA) is 37.8 Å². The summed E-state index contributed by atoms with van der Waals surface area (Å²) >= 11 is 0. The summed E-state index contributed by atoms with van der Waals surface area (Å²) in [6, 6.07) is 0. The van der Waals surface area contributed by atoms with Gasteiger partial charge in [-0.05, 0) is 25.7 Å². The van der Waals surface area contributed by atoms with Gasteiger partial charge in [-0.3, -0.25) is 14.6 Å². The second-order valence-electron chi connectivity index (χ2n) is 4.21. The van der Waals surface area contributed by atoms with Gasteiger partial charge in [-0.1, -0.05) is 20.8 Å². The fourth-order valence-corrected chi connectivity index (χ4v) is 1.61. The van der Waals surface area contributed by atoms with E-state index in [1.54, 1.807) is 4.68 Å². The second kappa shape index (κ2) is 4.49. The number of nitrogens with zero attached hydrogens (tertiary/aromatic N) is 1. The molecule has 0 spiro atoms. The Morgan fingerprint density at radius 1 is 1.43 bits per heavy atom. The molecule has 1 heterocycles. The number of H-pyrrole nitrogens is 1. The third-order valence-corrected chi connectivity index (χ3v) is 2.54. The van der Waals surface area contributed by atoms with Gasteiger partial charge in [-0.25, -0.2) is 0 Å². The monoisotopic (exact) mass is 196 g/mol. The highest BCUT2D eigenvalue weighted by Gasteiger charge is 2.08. The molecule has 1 aromatic rings. The van der Waals surface area contributed by atoms with Gasteiger partial charge in [-0.15, -0.1) is 0 Å². The standard InChI is InChI=1S/C11H20N2O/c1-5-10-9(4)12-13(11(10)14)7-6-8(2)3/h8,12H,5-7H2,1-4H3. The van der Waals surface area contributed by atoms with Gasteiger partial charge in [0.15, 0.2) is 0 Å². The molecular formula is C11H20N2O. The number of rotatable bonds is 4. The maximum Gasteiger partial charge on any atom is 0.269 e. The van der Waals surface area contributed by atoms with Gasteiger partial charge in [0.1, 0.15) is 0 Å². The number of hydrogen-bond donors (Lipinski definition) is 1. The van der Waals surface area contributed by atoms with Crippen LogP contribution in [-0.2, 0) is 13.0 Å². The van der Waals surface area contributed by atoms with Crippen molar-refractivity contribution < 1.29 is 0 Å². The van der Waals surface area contributed by atoms with Crippen molar-refractivity contribution in [2.75, 3.05) is 0 Å². The van der Waals surface area contributed by atoms with Crippen molar-refractivity contribution in [1.29, 1.82) is 0 Å². The van der Waals surface area contributed by atoms with E-state index >= 15 is 0 Å². The third kappa shape index (κ3) is 2.28. The number of nitrogens with one attached hydrogen (secondary N) is 1. The van der Waals surface area contributed by atoms with Crippen LogP contribution in [0.3, 0.4) is 0 Å². The first-order valence-electron chi connectivity index (χ1n) is 5.34. The molecule has 0 bridgehead atoms. The van der Waals surface area contributed by atoms with Crippen LogP contribution in [0.1, 0.15) is 38.4 Å². The van der Waals surface area contributed by atoms with E-state index in [2.05, 4.69) is 18.9 Å². The summed E-state index contributed by atoms with van der Waals surface area (Å²) in [6.07, 6.45) is 1.86. The molecular weight excluding hydrogens is 176 g/mol. The predicted molar refractivity (Wildman–Crippen MR) is 58.6 cm³/mol. The summed E-state index contributed by atoms with van der Waals surface area (Å²) in [4.78, 5) is 11.8. The molecule has 0 aliphatic rings. The van der Waals surface area contributed by atoms with Crippen LogP contribution in [0.5, 0.6) is 0 Å². The van der Waals surface area contributed by atoms with E-state index in [0.717, 1.165) is 30.6 Å². The zero-order chi connectivity index (χ0) is 10.7. The van der Waals surface area contributed by atoms with E-state index in [0.29, 0.717) is 5.92 Å². The van der Waals surface area contributed by atoms with Crippen molar-refractivity contribution in [3.8, 4) is 0 Å². The first-order chi connectivity index (χ1) is 6.56. The molecule has 0 amide bonds. The molecule has 14 heavy (non-hydrogen) atoms. The Morgan fingerprint density at radius 2 is 2.07 bits per heavy atom. The van der Waals surface area contributed by atoms with Gasteiger partial charge >= 0.3 is 0 Å². The highest BCUT2D eigenvalue weighted by Crippen LogP contribution is 2.03. The molecule has 1 rings (SSSR count). The average Bonchev–Trinajstić information content (AvgIpc) is 2.38. The largest absolute Gasteiger partial charge is 0.300 e. The Morgan fingerprint density at radius 3 is 2.50 bits per heavy atom. The van der Waals surface area contributed by atoms with Crippen LogP contribution in [-0.4, -0.2) is 9.78 Å². The van der Waals surface area contributed by atoms with E-state index in [1.165, 1.54) is 0 Å². The molecule has 0 radical (unpaired) electrons. The van der Waals surface area contributed by atoms with Gasteiger partial charge in [-0.2, -0.15) is 0 Å². The van der Waals surface area contributed by atoms with Gasteiger partial charge in [0, 0.05) is 17.8 Å². The maximum atomic E-state index is 11.8. The summed E-state index contributed by atoms with van der Waals surface area (Å²) in [7, 11) is 0. The Kier molecular flexibility index (Phi) is 3.55. The van der Waals surface area contributed by atoms with Crippen LogP contribution in [0.25, 0.3) is 0 Å². The first-order valence-corrected chi connectivity index (χ1v) is 5.34. The summed E-state index contributed by atoms with van der Waals surface area (Å²) in [5.74, 6) is 0.635. The van der Waals surface area contributed by atoms with Crippen LogP contribution in [0.2, 0.25) is 0 Å². The summed E-state index contributed by atoms with van der Waals surface area (Å²) < 4.78 is 1.73. The summed E-state index contributed by atoms with van der Waals surface area (Å²) in [5, 5.41) is 3.12. The number of aromatic amines is 1. The van der Waals surface area contributed by atoms with E-state index in [9.17, 15) is 4.79 Å². The molecule has 0 aliphatic heterocycles. The molecule has 0 saturated heterocycles. The first kappa shape index (κ1) is 11.1. The fraction of sp³-hybridized carbons (Fsp3) is 0.727. The quantitative estimate of drug-likeness (QED) is 0.786. The molecule has 1 aromatic heterocycles. The minimum Gasteiger partial charge on any atom is -0.300 e. The molecule has 80 valence electrons. The van der Waals surface area contributed by atoms with Gasteiger partial charge in [0.2, 0.25) is 0 Å². The third-order valence-electron chi connectivity index (χ3n) is 2.54. The number of aromatic nitrogens is 2. The van der Waals surface area contributed by atoms with E-state index in [-0.39, 0.29) is 5.56 Å². The van der Waals surface area contributed by atoms with Crippen molar-refractivity contribution in [3.05, 3.63) is 21.6 Å². The van der Waals surface area contributed by atoms with E-state index < -0.39 is 0 Å². The molecule has 0 atom stereocenters. The molecule has 0 saturated carbocycles. The van der Waals surface area contributed by atoms with E-state index in [1.807, 2.05) is 13.8 Å². The maximum absolute atomic E-state index is 11.8. The van der Waals surface area contributed by atoms with Crippen LogP contribution >= 0.6 is 0 Å². The minimum atomic E-state index is 0.158. The summed E-state index contributed by atoms with van der Waals surface area (Å²) in [6.45, 7) is 9.12. The number of aryl methyl sites for hydroxylation is 2. The van der Waals surface area contributed by atoms with Crippen LogP contribution < -0.4 is 5.56 Å². The molecule has 0 fully saturated rings. The van der Waals surface area contributed by atoms with Crippen LogP contribution in [0.15, 0.2) is 4.79 Å². The predicted octanol–water partition coefficient (Wildman–Crippen LogP) is 2.09.